The van der Waals surface area contributed by atoms with Gasteiger partial charge in [0.1, 0.15) is 0 Å². The Kier molecular flexibility index (Phi) is 4.52. The predicted molar refractivity (Wildman–Crippen MR) is 83.9 cm³/mol. The van der Waals surface area contributed by atoms with Crippen LogP contribution in [0.1, 0.15) is 33.3 Å². The summed E-state index contributed by atoms with van der Waals surface area (Å²) in [7, 11) is 1.78. The summed E-state index contributed by atoms with van der Waals surface area (Å²) in [6.45, 7) is 11.9. The fraction of sp³-hybridized carbons (Fsp3) is 0.647. The Bertz CT molecular complexity index is 432. The molecule has 0 saturated carbocycles. The average molecular weight is 276 g/mol. The van der Waals surface area contributed by atoms with Gasteiger partial charge in [-0.15, -0.1) is 0 Å². The van der Waals surface area contributed by atoms with Crippen LogP contribution in [0, 0.1) is 0 Å². The van der Waals surface area contributed by atoms with Gasteiger partial charge in [0.05, 0.1) is 12.1 Å². The van der Waals surface area contributed by atoms with Crippen LogP contribution in [0.3, 0.4) is 0 Å². The number of nitrogens with one attached hydrogen (secondary N) is 1. The third-order valence-corrected chi connectivity index (χ3v) is 4.53. The van der Waals surface area contributed by atoms with Gasteiger partial charge < -0.3 is 10.1 Å². The minimum Gasteiger partial charge on any atom is -0.383 e. The number of hydrogen-bond donors (Lipinski definition) is 1. The quantitative estimate of drug-likeness (QED) is 0.915. The fourth-order valence-corrected chi connectivity index (χ4v) is 3.21. The van der Waals surface area contributed by atoms with Crippen molar-refractivity contribution in [2.24, 2.45) is 0 Å². The number of methoxy groups -OCH3 is 1. The lowest BCUT2D eigenvalue weighted by Crippen LogP contribution is -2.68. The molecule has 3 nitrogen and oxygen atoms in total. The van der Waals surface area contributed by atoms with Gasteiger partial charge in [-0.25, -0.2) is 0 Å². The first kappa shape index (κ1) is 15.5. The van der Waals surface area contributed by atoms with E-state index in [9.17, 15) is 0 Å². The van der Waals surface area contributed by atoms with E-state index in [0.717, 1.165) is 19.7 Å². The van der Waals surface area contributed by atoms with Crippen LogP contribution in [0.2, 0.25) is 0 Å². The summed E-state index contributed by atoms with van der Waals surface area (Å²) in [5.41, 5.74) is 1.50. The first-order chi connectivity index (χ1) is 9.39. The Morgan fingerprint density at radius 2 is 1.90 bits per heavy atom. The van der Waals surface area contributed by atoms with Gasteiger partial charge in [0.15, 0.2) is 0 Å². The summed E-state index contributed by atoms with van der Waals surface area (Å²) in [5.74, 6) is 0. The number of ether oxygens (including phenoxy) is 1. The minimum absolute atomic E-state index is 0.00121. The van der Waals surface area contributed by atoms with Crippen LogP contribution in [0.25, 0.3) is 0 Å². The van der Waals surface area contributed by atoms with Crippen molar-refractivity contribution in [2.75, 3.05) is 26.8 Å². The topological polar surface area (TPSA) is 24.5 Å². The van der Waals surface area contributed by atoms with Gasteiger partial charge in [-0.3, -0.25) is 4.90 Å². The standard InChI is InChI=1S/C17H28N2O/c1-14(11-20-5)19-13-17(4,18-12-16(19,2)3)15-9-7-6-8-10-15/h6-10,14,18H,11-13H2,1-5H3. The lowest BCUT2D eigenvalue weighted by molar-refractivity contribution is -0.0226. The van der Waals surface area contributed by atoms with E-state index in [1.165, 1.54) is 5.56 Å². The highest BCUT2D eigenvalue weighted by Gasteiger charge is 2.42. The molecule has 1 fully saturated rings. The highest BCUT2D eigenvalue weighted by Crippen LogP contribution is 2.32. The smallest absolute Gasteiger partial charge is 0.0615 e. The summed E-state index contributed by atoms with van der Waals surface area (Å²) in [4.78, 5) is 2.57. The van der Waals surface area contributed by atoms with Crippen LogP contribution in [-0.4, -0.2) is 43.3 Å². The van der Waals surface area contributed by atoms with E-state index in [1.54, 1.807) is 7.11 Å². The molecule has 112 valence electrons. The molecule has 1 aliphatic heterocycles. The number of benzene rings is 1. The molecule has 1 aromatic carbocycles. The van der Waals surface area contributed by atoms with Crippen molar-refractivity contribution >= 4 is 0 Å². The Hall–Kier alpha value is -0.900. The zero-order chi connectivity index (χ0) is 14.8. The molecule has 0 aliphatic carbocycles. The molecule has 2 unspecified atom stereocenters. The van der Waals surface area contributed by atoms with E-state index in [2.05, 4.69) is 68.2 Å². The van der Waals surface area contributed by atoms with Gasteiger partial charge in [-0.05, 0) is 33.3 Å². The van der Waals surface area contributed by atoms with Crippen molar-refractivity contribution in [1.82, 2.24) is 10.2 Å². The second-order valence-electron chi connectivity index (χ2n) is 6.80. The van der Waals surface area contributed by atoms with Crippen LogP contribution in [0.4, 0.5) is 0 Å². The monoisotopic (exact) mass is 276 g/mol. The summed E-state index contributed by atoms with van der Waals surface area (Å²) < 4.78 is 5.36. The highest BCUT2D eigenvalue weighted by molar-refractivity contribution is 5.25. The van der Waals surface area contributed by atoms with Gasteiger partial charge in [-0.1, -0.05) is 30.3 Å². The van der Waals surface area contributed by atoms with Gasteiger partial charge in [-0.2, -0.15) is 0 Å². The normalized spacial score (nSPS) is 28.2. The number of piperazine rings is 1. The largest absolute Gasteiger partial charge is 0.383 e. The SMILES string of the molecule is COCC(C)N1CC(C)(c2ccccc2)NCC1(C)C. The fourth-order valence-electron chi connectivity index (χ4n) is 3.21. The molecule has 0 aromatic heterocycles. The second-order valence-corrected chi connectivity index (χ2v) is 6.80. The van der Waals surface area contributed by atoms with E-state index in [4.69, 9.17) is 4.74 Å². The molecule has 0 amide bonds. The lowest BCUT2D eigenvalue weighted by atomic mass is 9.84. The van der Waals surface area contributed by atoms with Crippen LogP contribution < -0.4 is 5.32 Å². The van der Waals surface area contributed by atoms with Crippen LogP contribution in [0.5, 0.6) is 0 Å². The van der Waals surface area contributed by atoms with Crippen molar-refractivity contribution in [2.45, 2.75) is 44.8 Å². The summed E-state index contributed by atoms with van der Waals surface area (Å²) in [6.07, 6.45) is 0. The zero-order valence-electron chi connectivity index (χ0n) is 13.4. The maximum absolute atomic E-state index is 5.36. The van der Waals surface area contributed by atoms with Crippen molar-refractivity contribution in [1.29, 1.82) is 0 Å². The Morgan fingerprint density at radius 3 is 2.50 bits per heavy atom. The Balaban J connectivity index is 2.23. The van der Waals surface area contributed by atoms with Crippen molar-refractivity contribution in [3.05, 3.63) is 35.9 Å². The summed E-state index contributed by atoms with van der Waals surface area (Å²) >= 11 is 0. The van der Waals surface area contributed by atoms with Gasteiger partial charge in [0.25, 0.3) is 0 Å². The minimum atomic E-state index is -0.00121. The first-order valence-corrected chi connectivity index (χ1v) is 7.45. The average Bonchev–Trinajstić information content (AvgIpc) is 2.43. The maximum Gasteiger partial charge on any atom is 0.0615 e. The molecule has 1 N–H and O–H groups in total. The van der Waals surface area contributed by atoms with Gasteiger partial charge in [0, 0.05) is 31.8 Å². The first-order valence-electron chi connectivity index (χ1n) is 7.45. The molecule has 0 spiro atoms. The van der Waals surface area contributed by atoms with Gasteiger partial charge in [0.2, 0.25) is 0 Å². The Labute approximate surface area is 123 Å². The molecular formula is C17H28N2O. The molecular weight excluding hydrogens is 248 g/mol. The van der Waals surface area contributed by atoms with E-state index < -0.39 is 0 Å². The lowest BCUT2D eigenvalue weighted by Gasteiger charge is -2.53. The molecule has 2 atom stereocenters. The number of hydrogen-bond acceptors (Lipinski definition) is 3. The van der Waals surface area contributed by atoms with Crippen LogP contribution in [-0.2, 0) is 10.3 Å². The van der Waals surface area contributed by atoms with E-state index in [0.29, 0.717) is 6.04 Å². The molecule has 3 heteroatoms. The molecule has 2 rings (SSSR count). The molecule has 0 bridgehead atoms. The van der Waals surface area contributed by atoms with Crippen molar-refractivity contribution in [3.8, 4) is 0 Å². The van der Waals surface area contributed by atoms with E-state index >= 15 is 0 Å². The molecule has 1 aliphatic rings. The zero-order valence-corrected chi connectivity index (χ0v) is 13.4. The maximum atomic E-state index is 5.36. The molecule has 0 radical (unpaired) electrons. The van der Waals surface area contributed by atoms with Crippen molar-refractivity contribution < 1.29 is 4.74 Å². The molecule has 1 aromatic rings. The van der Waals surface area contributed by atoms with Crippen molar-refractivity contribution in [3.63, 3.8) is 0 Å². The molecule has 20 heavy (non-hydrogen) atoms. The Morgan fingerprint density at radius 1 is 1.25 bits per heavy atom. The van der Waals surface area contributed by atoms with E-state index in [1.807, 2.05) is 0 Å². The predicted octanol–water partition coefficient (Wildman–Crippen LogP) is 2.62. The van der Waals surface area contributed by atoms with E-state index in [-0.39, 0.29) is 11.1 Å². The third kappa shape index (κ3) is 3.05. The second kappa shape index (κ2) is 5.84. The molecule has 1 saturated heterocycles. The summed E-state index contributed by atoms with van der Waals surface area (Å²) in [5, 5.41) is 3.75. The van der Waals surface area contributed by atoms with Crippen LogP contribution >= 0.6 is 0 Å². The summed E-state index contributed by atoms with van der Waals surface area (Å²) in [6, 6.07) is 11.1. The third-order valence-electron chi connectivity index (χ3n) is 4.53. The van der Waals surface area contributed by atoms with Gasteiger partial charge >= 0.3 is 0 Å². The number of rotatable bonds is 4. The molecule has 1 heterocycles. The number of nitrogens with zero attached hydrogens (tertiary/aromatic N) is 1. The highest BCUT2D eigenvalue weighted by atomic mass is 16.5. The van der Waals surface area contributed by atoms with Crippen LogP contribution in [0.15, 0.2) is 30.3 Å².